The van der Waals surface area contributed by atoms with Crippen LogP contribution in [0.4, 0.5) is 0 Å². The zero-order valence-electron chi connectivity index (χ0n) is 0. The van der Waals surface area contributed by atoms with Gasteiger partial charge in [-0.05, 0) is 0 Å². The van der Waals surface area contributed by atoms with Crippen LogP contribution in [0.2, 0.25) is 0 Å². The first-order valence-corrected chi connectivity index (χ1v) is 0. The van der Waals surface area contributed by atoms with Crippen LogP contribution in [-0.2, 0) is 0 Å². The molecule has 0 aromatic carbocycles. The fourth-order valence-corrected chi connectivity index (χ4v) is 0. The fourth-order valence-electron chi connectivity index (χ4n) is 0. The Kier molecular flexibility index (Phi) is 94.2. The summed E-state index contributed by atoms with van der Waals surface area (Å²) in [6.45, 7) is 0. The van der Waals surface area contributed by atoms with E-state index in [9.17, 15) is 0 Å². The number of hydrogen-bond donors (Lipinski definition) is 0. The Labute approximate surface area is 126 Å². The molecule has 0 aliphatic carbocycles. The van der Waals surface area contributed by atoms with Crippen molar-refractivity contribution in [2.24, 2.45) is 0 Å². The average molecular weight is 329 g/mol. The van der Waals surface area contributed by atoms with Gasteiger partial charge in [0, 0.05) is 0 Å². The van der Waals surface area contributed by atoms with E-state index >= 15 is 0 Å². The van der Waals surface area contributed by atoms with Gasteiger partial charge in [-0.15, -0.1) is 0 Å². The third kappa shape index (κ3) is 9.53. The van der Waals surface area contributed by atoms with Crippen molar-refractivity contribution in [3.63, 3.8) is 0 Å². The summed E-state index contributed by atoms with van der Waals surface area (Å²) in [5.74, 6) is 0. The summed E-state index contributed by atoms with van der Waals surface area (Å²) in [6, 6.07) is 0. The molecule has 0 spiro atoms. The van der Waals surface area contributed by atoms with Gasteiger partial charge < -0.3 is 0 Å². The van der Waals surface area contributed by atoms with Gasteiger partial charge in [-0.1, -0.05) is 0 Å². The standard InChI is InChI=1S/Al.Ba.Ca.In.10H. The van der Waals surface area contributed by atoms with Crippen molar-refractivity contribution in [1.29, 1.82) is 0 Å². The maximum absolute atomic E-state index is 0. The van der Waals surface area contributed by atoms with Gasteiger partial charge in [-0.3, -0.25) is 0 Å². The van der Waals surface area contributed by atoms with Crippen LogP contribution in [0.5, 0.6) is 0 Å². The van der Waals surface area contributed by atoms with Crippen LogP contribution in [0.3, 0.4) is 0 Å². The van der Waals surface area contributed by atoms with Gasteiger partial charge in [0.1, 0.15) is 0 Å². The van der Waals surface area contributed by atoms with Gasteiger partial charge in [0.15, 0.2) is 17.4 Å². The Bertz CT molecular complexity index is 8.00. The van der Waals surface area contributed by atoms with E-state index in [0.717, 1.165) is 0 Å². The second-order valence-electron chi connectivity index (χ2n) is 0. The molecule has 4 heteroatoms. The summed E-state index contributed by atoms with van der Waals surface area (Å²) >= 11 is 0. The van der Waals surface area contributed by atoms with Crippen LogP contribution in [0.1, 0.15) is 0 Å². The van der Waals surface area contributed by atoms with E-state index in [1.807, 2.05) is 0 Å². The zero-order valence-corrected chi connectivity index (χ0v) is 0. The summed E-state index contributed by atoms with van der Waals surface area (Å²) in [6.07, 6.45) is 0. The van der Waals surface area contributed by atoms with Crippen LogP contribution in [0.25, 0.3) is 0 Å². The van der Waals surface area contributed by atoms with Crippen molar-refractivity contribution in [2.75, 3.05) is 0 Å². The van der Waals surface area contributed by atoms with Crippen molar-refractivity contribution >= 4 is 130 Å². The quantitative estimate of drug-likeness (QED) is 0.396. The Morgan fingerprint density at radius 3 is 1.00 bits per heavy atom. The predicted octanol–water partition coefficient (Wildman–Crippen LogP) is -4.20. The van der Waals surface area contributed by atoms with Gasteiger partial charge in [0.05, 0.1) is 0 Å². The third-order valence-electron chi connectivity index (χ3n) is 0. The van der Waals surface area contributed by atoms with E-state index in [1.54, 1.807) is 0 Å². The van der Waals surface area contributed by atoms with Crippen molar-refractivity contribution in [3.8, 4) is 0 Å². The van der Waals surface area contributed by atoms with Gasteiger partial charge in [-0.2, -0.15) is 0 Å². The average Bonchev–Trinajstić information content (AvgIpc) is 0. The minimum absolute atomic E-state index is 0. The molecule has 0 aromatic rings. The maximum atomic E-state index is 0. The molecule has 0 rings (SSSR count). The molecule has 0 radical (unpaired) electrons. The molecule has 0 unspecified atom stereocenters. The zero-order chi connectivity index (χ0) is 0. The molecular formula is H10AlBaCaIn. The molecule has 0 aliphatic heterocycles. The molecule has 0 aromatic heterocycles. The predicted molar refractivity (Wildman–Crippen MR) is 37.0 cm³/mol. The molecule has 0 saturated heterocycles. The number of rotatable bonds is 0. The van der Waals surface area contributed by atoms with Crippen molar-refractivity contribution in [2.45, 2.75) is 0 Å². The topological polar surface area (TPSA) is 0 Å². The van der Waals surface area contributed by atoms with Crippen LogP contribution in [-0.4, -0.2) is 130 Å². The molecule has 0 atom stereocenters. The van der Waals surface area contributed by atoms with Gasteiger partial charge >= 0.3 is 112 Å². The second-order valence-corrected chi connectivity index (χ2v) is 0. The fraction of sp³-hybridized carbons (Fsp3) is 0. The molecule has 0 amide bonds. The SMILES string of the molecule is [AlH3].[BaH2].[CaH2].[InH3]. The van der Waals surface area contributed by atoms with Crippen LogP contribution >= 0.6 is 0 Å². The summed E-state index contributed by atoms with van der Waals surface area (Å²) < 4.78 is 0. The molecule has 0 bridgehead atoms. The van der Waals surface area contributed by atoms with Crippen molar-refractivity contribution in [3.05, 3.63) is 0 Å². The normalized spacial score (nSPS) is 0. The molecule has 0 fully saturated rings. The second kappa shape index (κ2) is 15.7. The summed E-state index contributed by atoms with van der Waals surface area (Å²) in [4.78, 5) is 0. The third-order valence-corrected chi connectivity index (χ3v) is 0. The molecular weight excluding hydrogens is 319 g/mol. The molecule has 0 saturated carbocycles. The minimum atomic E-state index is 0. The summed E-state index contributed by atoms with van der Waals surface area (Å²) in [7, 11) is 0. The monoisotopic (exact) mass is 330 g/mol. The van der Waals surface area contributed by atoms with E-state index in [1.165, 1.54) is 0 Å². The molecule has 0 heterocycles. The molecule has 4 heavy (non-hydrogen) atoms. The summed E-state index contributed by atoms with van der Waals surface area (Å²) in [5, 5.41) is 0. The van der Waals surface area contributed by atoms with E-state index in [2.05, 4.69) is 0 Å². The van der Waals surface area contributed by atoms with Crippen LogP contribution in [0.15, 0.2) is 0 Å². The van der Waals surface area contributed by atoms with E-state index in [0.29, 0.717) is 0 Å². The molecule has 0 N–H and O–H groups in total. The van der Waals surface area contributed by atoms with E-state index in [4.69, 9.17) is 0 Å². The van der Waals surface area contributed by atoms with Crippen molar-refractivity contribution < 1.29 is 0 Å². The van der Waals surface area contributed by atoms with Crippen molar-refractivity contribution in [1.82, 2.24) is 0 Å². The van der Waals surface area contributed by atoms with Gasteiger partial charge in [-0.25, -0.2) is 0 Å². The Morgan fingerprint density at radius 2 is 1.00 bits per heavy atom. The molecule has 20 valence electrons. The van der Waals surface area contributed by atoms with E-state index in [-0.39, 0.29) is 130 Å². The van der Waals surface area contributed by atoms with Crippen LogP contribution < -0.4 is 0 Å². The molecule has 0 nitrogen and oxygen atoms in total. The first-order valence-electron chi connectivity index (χ1n) is 0. The first-order chi connectivity index (χ1) is 0. The van der Waals surface area contributed by atoms with Crippen LogP contribution in [0, 0.1) is 0 Å². The first kappa shape index (κ1) is 24.0. The number of hydrogen-bond acceptors (Lipinski definition) is 0. The Morgan fingerprint density at radius 1 is 1.00 bits per heavy atom. The summed E-state index contributed by atoms with van der Waals surface area (Å²) in [5.41, 5.74) is 0. The van der Waals surface area contributed by atoms with E-state index < -0.39 is 0 Å². The van der Waals surface area contributed by atoms with Gasteiger partial charge in [0.2, 0.25) is 0 Å². The molecule has 0 aliphatic rings. The Hall–Kier alpha value is 4.23. The Balaban J connectivity index is 0. The van der Waals surface area contributed by atoms with Gasteiger partial charge in [0.25, 0.3) is 0 Å².